The first-order valence-corrected chi connectivity index (χ1v) is 6.98. The highest BCUT2D eigenvalue weighted by molar-refractivity contribution is 7.99. The molecule has 0 bridgehead atoms. The van der Waals surface area contributed by atoms with E-state index in [2.05, 4.69) is 27.7 Å². The Hall–Kier alpha value is -0.180. The molecule has 0 aromatic rings. The third-order valence-electron chi connectivity index (χ3n) is 2.18. The number of rotatable bonds is 6. The Bertz CT molecular complexity index is 182. The van der Waals surface area contributed by atoms with Gasteiger partial charge in [0.25, 0.3) is 0 Å². The number of nitrogens with zero attached hydrogens (tertiary/aromatic N) is 1. The van der Waals surface area contributed by atoms with Crippen LogP contribution in [0.1, 0.15) is 34.6 Å². The summed E-state index contributed by atoms with van der Waals surface area (Å²) in [5.74, 6) is 1.37. The molecule has 0 saturated carbocycles. The van der Waals surface area contributed by atoms with Gasteiger partial charge < -0.3 is 4.90 Å². The molecule has 0 radical (unpaired) electrons. The first-order valence-electron chi connectivity index (χ1n) is 5.70. The van der Waals surface area contributed by atoms with Gasteiger partial charge in [0, 0.05) is 13.1 Å². The number of hydrogen-bond acceptors (Lipinski definition) is 2. The Balaban J connectivity index is 4.40. The van der Waals surface area contributed by atoms with Crippen LogP contribution in [0.4, 0.5) is 0 Å². The lowest BCUT2D eigenvalue weighted by Crippen LogP contribution is -2.41. The Morgan fingerprint density at radius 2 is 1.47 bits per heavy atom. The highest BCUT2D eigenvalue weighted by atomic mass is 32.2. The number of carbonyl (C=O) groups is 1. The van der Waals surface area contributed by atoms with Gasteiger partial charge in [-0.3, -0.25) is 4.79 Å². The van der Waals surface area contributed by atoms with E-state index in [1.807, 2.05) is 18.1 Å². The summed E-state index contributed by atoms with van der Waals surface area (Å²) in [5, 5.41) is 0.0856. The molecule has 1 amide bonds. The number of amides is 1. The first-order chi connectivity index (χ1) is 6.88. The quantitative estimate of drug-likeness (QED) is 0.700. The second-order valence-corrected chi connectivity index (χ2v) is 6.09. The van der Waals surface area contributed by atoms with E-state index in [-0.39, 0.29) is 11.2 Å². The molecular formula is C12H25NOS. The average Bonchev–Trinajstić information content (AvgIpc) is 2.13. The van der Waals surface area contributed by atoms with Crippen molar-refractivity contribution in [2.45, 2.75) is 39.9 Å². The zero-order valence-electron chi connectivity index (χ0n) is 10.9. The van der Waals surface area contributed by atoms with Crippen molar-refractivity contribution in [3.63, 3.8) is 0 Å². The zero-order chi connectivity index (χ0) is 12.0. The highest BCUT2D eigenvalue weighted by Gasteiger charge is 2.20. The molecule has 0 rings (SSSR count). The van der Waals surface area contributed by atoms with E-state index in [0.29, 0.717) is 11.8 Å². The molecule has 2 nitrogen and oxygen atoms in total. The van der Waals surface area contributed by atoms with Crippen LogP contribution < -0.4 is 0 Å². The van der Waals surface area contributed by atoms with Crippen LogP contribution >= 0.6 is 11.8 Å². The second-order valence-electron chi connectivity index (χ2n) is 4.91. The van der Waals surface area contributed by atoms with E-state index in [9.17, 15) is 4.79 Å². The summed E-state index contributed by atoms with van der Waals surface area (Å²) < 4.78 is 0. The second kappa shape index (κ2) is 7.15. The van der Waals surface area contributed by atoms with Gasteiger partial charge in [-0.2, -0.15) is 11.8 Å². The van der Waals surface area contributed by atoms with Crippen LogP contribution in [0.5, 0.6) is 0 Å². The third-order valence-corrected chi connectivity index (χ3v) is 3.09. The summed E-state index contributed by atoms with van der Waals surface area (Å²) in [6.45, 7) is 12.4. The number of thioether (sulfide) groups is 1. The molecule has 0 aromatic heterocycles. The van der Waals surface area contributed by atoms with E-state index >= 15 is 0 Å². The van der Waals surface area contributed by atoms with Crippen molar-refractivity contribution in [1.82, 2.24) is 4.90 Å². The summed E-state index contributed by atoms with van der Waals surface area (Å²) in [6.07, 6.45) is 1.99. The topological polar surface area (TPSA) is 20.3 Å². The molecule has 15 heavy (non-hydrogen) atoms. The fourth-order valence-corrected chi connectivity index (χ4v) is 1.84. The molecule has 0 spiro atoms. The van der Waals surface area contributed by atoms with Gasteiger partial charge in [-0.1, -0.05) is 27.7 Å². The maximum Gasteiger partial charge on any atom is 0.235 e. The minimum absolute atomic E-state index is 0.0856. The van der Waals surface area contributed by atoms with Gasteiger partial charge in [0.15, 0.2) is 0 Å². The zero-order valence-corrected chi connectivity index (χ0v) is 11.7. The minimum atomic E-state index is 0.0856. The van der Waals surface area contributed by atoms with Crippen molar-refractivity contribution >= 4 is 17.7 Å². The monoisotopic (exact) mass is 231 g/mol. The van der Waals surface area contributed by atoms with Gasteiger partial charge in [0.2, 0.25) is 5.91 Å². The standard InChI is InChI=1S/C12H25NOS/c1-9(2)7-13(8-10(3)4)12(14)11(5)15-6/h9-11H,7-8H2,1-6H3. The van der Waals surface area contributed by atoms with Crippen LogP contribution in [0.25, 0.3) is 0 Å². The van der Waals surface area contributed by atoms with E-state index in [1.54, 1.807) is 11.8 Å². The molecule has 0 aliphatic carbocycles. The normalized spacial score (nSPS) is 13.3. The molecule has 90 valence electrons. The van der Waals surface area contributed by atoms with Crippen molar-refractivity contribution in [2.24, 2.45) is 11.8 Å². The lowest BCUT2D eigenvalue weighted by Gasteiger charge is -2.28. The summed E-state index contributed by atoms with van der Waals surface area (Å²) in [5.41, 5.74) is 0. The molecule has 3 heteroatoms. The van der Waals surface area contributed by atoms with Crippen LogP contribution in [-0.4, -0.2) is 35.4 Å². The lowest BCUT2D eigenvalue weighted by atomic mass is 10.1. The van der Waals surface area contributed by atoms with Crippen molar-refractivity contribution in [3.8, 4) is 0 Å². The molecule has 0 aliphatic heterocycles. The van der Waals surface area contributed by atoms with Crippen molar-refractivity contribution in [1.29, 1.82) is 0 Å². The average molecular weight is 231 g/mol. The van der Waals surface area contributed by atoms with Gasteiger partial charge in [-0.25, -0.2) is 0 Å². The van der Waals surface area contributed by atoms with Crippen molar-refractivity contribution in [2.75, 3.05) is 19.3 Å². The van der Waals surface area contributed by atoms with Gasteiger partial charge in [0.05, 0.1) is 5.25 Å². The van der Waals surface area contributed by atoms with Gasteiger partial charge in [-0.05, 0) is 25.0 Å². The lowest BCUT2D eigenvalue weighted by molar-refractivity contribution is -0.131. The van der Waals surface area contributed by atoms with E-state index < -0.39 is 0 Å². The largest absolute Gasteiger partial charge is 0.341 e. The Labute approximate surface area is 98.8 Å². The molecule has 0 saturated heterocycles. The van der Waals surface area contributed by atoms with Crippen LogP contribution in [0.3, 0.4) is 0 Å². The van der Waals surface area contributed by atoms with Crippen LogP contribution in [-0.2, 0) is 4.79 Å². The molecule has 1 atom stereocenters. The SMILES string of the molecule is CSC(C)C(=O)N(CC(C)C)CC(C)C. The fraction of sp³-hybridized carbons (Fsp3) is 0.917. The molecule has 0 aliphatic rings. The van der Waals surface area contributed by atoms with Crippen LogP contribution in [0.2, 0.25) is 0 Å². The first kappa shape index (κ1) is 14.8. The Morgan fingerprint density at radius 3 is 1.73 bits per heavy atom. The van der Waals surface area contributed by atoms with Gasteiger partial charge >= 0.3 is 0 Å². The molecule has 1 unspecified atom stereocenters. The summed E-state index contributed by atoms with van der Waals surface area (Å²) >= 11 is 1.62. The van der Waals surface area contributed by atoms with E-state index in [0.717, 1.165) is 13.1 Å². The van der Waals surface area contributed by atoms with Crippen LogP contribution in [0.15, 0.2) is 0 Å². The molecule has 0 N–H and O–H groups in total. The van der Waals surface area contributed by atoms with E-state index in [1.165, 1.54) is 0 Å². The van der Waals surface area contributed by atoms with Crippen molar-refractivity contribution in [3.05, 3.63) is 0 Å². The van der Waals surface area contributed by atoms with E-state index in [4.69, 9.17) is 0 Å². The van der Waals surface area contributed by atoms with Gasteiger partial charge in [0.1, 0.15) is 0 Å². The maximum absolute atomic E-state index is 12.1. The predicted molar refractivity (Wildman–Crippen MR) is 69.2 cm³/mol. The maximum atomic E-state index is 12.1. The number of carbonyl (C=O) groups excluding carboxylic acids is 1. The Morgan fingerprint density at radius 1 is 1.07 bits per heavy atom. The Kier molecular flexibility index (Phi) is 7.07. The summed E-state index contributed by atoms with van der Waals surface area (Å²) in [7, 11) is 0. The third kappa shape index (κ3) is 6.08. The summed E-state index contributed by atoms with van der Waals surface area (Å²) in [4.78, 5) is 14.1. The molecule has 0 fully saturated rings. The smallest absolute Gasteiger partial charge is 0.235 e. The summed E-state index contributed by atoms with van der Waals surface area (Å²) in [6, 6.07) is 0. The number of hydrogen-bond donors (Lipinski definition) is 0. The van der Waals surface area contributed by atoms with Gasteiger partial charge in [-0.15, -0.1) is 0 Å². The van der Waals surface area contributed by atoms with Crippen LogP contribution in [0, 0.1) is 11.8 Å². The molecular weight excluding hydrogens is 206 g/mol. The minimum Gasteiger partial charge on any atom is -0.341 e. The molecule has 0 aromatic carbocycles. The fourth-order valence-electron chi connectivity index (χ4n) is 1.49. The molecule has 0 heterocycles. The predicted octanol–water partition coefficient (Wildman–Crippen LogP) is 2.88. The highest BCUT2D eigenvalue weighted by Crippen LogP contribution is 2.12. The van der Waals surface area contributed by atoms with Crippen molar-refractivity contribution < 1.29 is 4.79 Å².